The maximum atomic E-state index is 5.18. The molecule has 28 heavy (non-hydrogen) atoms. The van der Waals surface area contributed by atoms with Gasteiger partial charge in [0.2, 0.25) is 0 Å². The molecule has 1 saturated carbocycles. The van der Waals surface area contributed by atoms with Gasteiger partial charge in [-0.15, -0.1) is 24.0 Å². The van der Waals surface area contributed by atoms with E-state index >= 15 is 0 Å². The van der Waals surface area contributed by atoms with Crippen LogP contribution in [0.1, 0.15) is 31.2 Å². The summed E-state index contributed by atoms with van der Waals surface area (Å²) in [4.78, 5) is 6.93. The average Bonchev–Trinajstić information content (AvgIpc) is 3.48. The quantitative estimate of drug-likeness (QED) is 0.288. The first-order valence-corrected chi connectivity index (χ1v) is 10.9. The summed E-state index contributed by atoms with van der Waals surface area (Å²) in [6.45, 7) is 6.17. The third kappa shape index (κ3) is 6.57. The summed E-state index contributed by atoms with van der Waals surface area (Å²) in [5.74, 6) is 1.65. The van der Waals surface area contributed by atoms with Crippen molar-refractivity contribution < 1.29 is 4.74 Å². The molecule has 3 rings (SSSR count). The first kappa shape index (κ1) is 23.9. The molecule has 2 N–H and O–H groups in total. The second-order valence-corrected chi connectivity index (χ2v) is 8.70. The van der Waals surface area contributed by atoms with Crippen molar-refractivity contribution in [3.05, 3.63) is 34.3 Å². The van der Waals surface area contributed by atoms with Crippen LogP contribution in [0.15, 0.2) is 33.7 Å². The minimum Gasteiger partial charge on any atom is -0.383 e. The number of likely N-dealkylation sites (tertiary alicyclic amines) is 1. The van der Waals surface area contributed by atoms with E-state index in [1.54, 1.807) is 7.11 Å². The fourth-order valence-corrected chi connectivity index (χ4v) is 4.64. The van der Waals surface area contributed by atoms with E-state index in [4.69, 9.17) is 4.74 Å². The Balaban J connectivity index is 0.00000280. The van der Waals surface area contributed by atoms with Gasteiger partial charge in [0, 0.05) is 43.7 Å². The molecular weight excluding hydrogens is 531 g/mol. The van der Waals surface area contributed by atoms with Crippen molar-refractivity contribution in [3.8, 4) is 0 Å². The maximum absolute atomic E-state index is 5.18. The molecule has 5 nitrogen and oxygen atoms in total. The van der Waals surface area contributed by atoms with E-state index in [0.29, 0.717) is 0 Å². The van der Waals surface area contributed by atoms with Crippen molar-refractivity contribution in [1.82, 2.24) is 15.5 Å². The van der Waals surface area contributed by atoms with E-state index in [-0.39, 0.29) is 29.4 Å². The second-order valence-electron chi connectivity index (χ2n) is 7.84. The molecule has 0 aromatic heterocycles. The highest BCUT2D eigenvalue weighted by Crippen LogP contribution is 2.49. The summed E-state index contributed by atoms with van der Waals surface area (Å²) in [5.41, 5.74) is 1.67. The Morgan fingerprint density at radius 2 is 1.96 bits per heavy atom. The Morgan fingerprint density at radius 3 is 2.57 bits per heavy atom. The molecule has 2 aliphatic rings. The second kappa shape index (κ2) is 11.7. The summed E-state index contributed by atoms with van der Waals surface area (Å²) in [5, 5.41) is 7.11. The lowest BCUT2D eigenvalue weighted by molar-refractivity contribution is 0.121. The molecule has 0 radical (unpaired) electrons. The van der Waals surface area contributed by atoms with Gasteiger partial charge in [-0.05, 0) is 56.3 Å². The Kier molecular flexibility index (Phi) is 10.00. The molecule has 158 valence electrons. The molecule has 7 heteroatoms. The molecular formula is C21H34BrIN4O. The maximum Gasteiger partial charge on any atom is 0.191 e. The number of guanidine groups is 1. The number of benzene rings is 1. The van der Waals surface area contributed by atoms with Crippen LogP contribution in [0, 0.1) is 5.92 Å². The van der Waals surface area contributed by atoms with Crippen LogP contribution >= 0.6 is 39.9 Å². The van der Waals surface area contributed by atoms with Gasteiger partial charge in [0.25, 0.3) is 0 Å². The van der Waals surface area contributed by atoms with Crippen LogP contribution in [0.5, 0.6) is 0 Å². The summed E-state index contributed by atoms with van der Waals surface area (Å²) < 4.78 is 6.40. The Bertz CT molecular complexity index is 631. The standard InChI is InChI=1S/C21H33BrN4O.HI/c1-23-20(24-15-17-7-11-26(12-8-17)13-14-27-2)25-16-21(9-10-21)18-5-3-4-6-19(18)22;/h3-6,17H,7-16H2,1-2H3,(H2,23,24,25);1H. The molecule has 1 aromatic carbocycles. The molecule has 2 fully saturated rings. The lowest BCUT2D eigenvalue weighted by atomic mass is 9.96. The Labute approximate surface area is 195 Å². The number of hydrogen-bond donors (Lipinski definition) is 2. The Hall–Kier alpha value is -0.380. The molecule has 0 spiro atoms. The lowest BCUT2D eigenvalue weighted by Gasteiger charge is -2.32. The van der Waals surface area contributed by atoms with E-state index in [2.05, 4.69) is 60.7 Å². The van der Waals surface area contributed by atoms with Gasteiger partial charge in [0.1, 0.15) is 0 Å². The largest absolute Gasteiger partial charge is 0.383 e. The van der Waals surface area contributed by atoms with E-state index < -0.39 is 0 Å². The fourth-order valence-electron chi connectivity index (χ4n) is 3.93. The van der Waals surface area contributed by atoms with Crippen LogP contribution in [-0.2, 0) is 10.2 Å². The molecule has 1 aliphatic carbocycles. The zero-order chi connectivity index (χ0) is 19.1. The van der Waals surface area contributed by atoms with Crippen molar-refractivity contribution in [2.75, 3.05) is 53.5 Å². The number of halogens is 2. The SMILES string of the molecule is CN=C(NCC1CCN(CCOC)CC1)NCC1(c2ccccc2Br)CC1.I. The molecule has 1 aliphatic heterocycles. The molecule has 1 saturated heterocycles. The van der Waals surface area contributed by atoms with Crippen LogP contribution in [0.4, 0.5) is 0 Å². The smallest absolute Gasteiger partial charge is 0.191 e. The van der Waals surface area contributed by atoms with Gasteiger partial charge < -0.3 is 20.3 Å². The Morgan fingerprint density at radius 1 is 1.25 bits per heavy atom. The number of piperidine rings is 1. The zero-order valence-electron chi connectivity index (χ0n) is 17.0. The first-order chi connectivity index (χ1) is 13.2. The lowest BCUT2D eigenvalue weighted by Crippen LogP contribution is -2.45. The third-order valence-corrected chi connectivity index (χ3v) is 6.69. The molecule has 0 unspecified atom stereocenters. The number of nitrogens with zero attached hydrogens (tertiary/aromatic N) is 2. The van der Waals surface area contributed by atoms with Crippen molar-refractivity contribution in [2.24, 2.45) is 10.9 Å². The van der Waals surface area contributed by atoms with Gasteiger partial charge in [-0.1, -0.05) is 34.1 Å². The molecule has 0 atom stereocenters. The van der Waals surface area contributed by atoms with Crippen molar-refractivity contribution in [2.45, 2.75) is 31.1 Å². The van der Waals surface area contributed by atoms with E-state index in [9.17, 15) is 0 Å². The van der Waals surface area contributed by atoms with Gasteiger partial charge in [0.05, 0.1) is 6.61 Å². The summed E-state index contributed by atoms with van der Waals surface area (Å²) in [6, 6.07) is 8.60. The third-order valence-electron chi connectivity index (χ3n) is 5.99. The predicted octanol–water partition coefficient (Wildman–Crippen LogP) is 3.62. The number of aliphatic imine (C=N–C) groups is 1. The number of rotatable bonds is 8. The topological polar surface area (TPSA) is 48.9 Å². The van der Waals surface area contributed by atoms with Crippen molar-refractivity contribution >= 4 is 45.9 Å². The first-order valence-electron chi connectivity index (χ1n) is 10.1. The molecule has 1 heterocycles. The number of hydrogen-bond acceptors (Lipinski definition) is 3. The van der Waals surface area contributed by atoms with Crippen molar-refractivity contribution in [3.63, 3.8) is 0 Å². The van der Waals surface area contributed by atoms with Gasteiger partial charge in [0.15, 0.2) is 5.96 Å². The molecule has 0 bridgehead atoms. The number of nitrogens with one attached hydrogen (secondary N) is 2. The van der Waals surface area contributed by atoms with E-state index in [1.807, 2.05) is 7.05 Å². The number of ether oxygens (including phenoxy) is 1. The highest BCUT2D eigenvalue weighted by Gasteiger charge is 2.45. The minimum atomic E-state index is 0. The predicted molar refractivity (Wildman–Crippen MR) is 131 cm³/mol. The van der Waals surface area contributed by atoms with Crippen molar-refractivity contribution in [1.29, 1.82) is 0 Å². The van der Waals surface area contributed by atoms with Crippen LogP contribution < -0.4 is 10.6 Å². The zero-order valence-corrected chi connectivity index (χ0v) is 21.0. The molecule has 1 aromatic rings. The highest BCUT2D eigenvalue weighted by molar-refractivity contribution is 14.0. The van der Waals surface area contributed by atoms with Gasteiger partial charge in [-0.3, -0.25) is 4.99 Å². The van der Waals surface area contributed by atoms with Crippen LogP contribution in [0.2, 0.25) is 0 Å². The van der Waals surface area contributed by atoms with Crippen LogP contribution in [0.25, 0.3) is 0 Å². The highest BCUT2D eigenvalue weighted by atomic mass is 127. The van der Waals surface area contributed by atoms with Gasteiger partial charge in [-0.2, -0.15) is 0 Å². The summed E-state index contributed by atoms with van der Waals surface area (Å²) >= 11 is 3.71. The van der Waals surface area contributed by atoms with Gasteiger partial charge >= 0.3 is 0 Å². The van der Waals surface area contributed by atoms with E-state index in [0.717, 1.165) is 38.1 Å². The average molecular weight is 565 g/mol. The molecule has 0 amide bonds. The van der Waals surface area contributed by atoms with Gasteiger partial charge in [-0.25, -0.2) is 0 Å². The van der Waals surface area contributed by atoms with Crippen LogP contribution in [0.3, 0.4) is 0 Å². The normalized spacial score (nSPS) is 19.8. The van der Waals surface area contributed by atoms with Crippen LogP contribution in [-0.4, -0.2) is 64.3 Å². The summed E-state index contributed by atoms with van der Waals surface area (Å²) in [6.07, 6.45) is 4.96. The summed E-state index contributed by atoms with van der Waals surface area (Å²) in [7, 11) is 3.64. The number of methoxy groups -OCH3 is 1. The fraction of sp³-hybridized carbons (Fsp3) is 0.667. The minimum absolute atomic E-state index is 0. The van der Waals surface area contributed by atoms with E-state index in [1.165, 1.54) is 48.8 Å². The monoisotopic (exact) mass is 564 g/mol.